The standard InChI is InChI=1S/C34H42ClN3O/c1-27-10-8-15-32-34(27)36-33(26-39-31-18-16-30(35)17-19-31)38(32)23-9-14-29-20-24-37(25-21-29)22-7-3-6-13-28-11-4-2-5-12-28/h2,4-5,8,10-12,15-19,29H,3,6-7,9,13-14,20-26H2,1H3. The number of hydrogen-bond acceptors (Lipinski definition) is 3. The highest BCUT2D eigenvalue weighted by Gasteiger charge is 2.19. The molecule has 1 aliphatic heterocycles. The molecule has 1 fully saturated rings. The molecule has 0 saturated carbocycles. The van der Waals surface area contributed by atoms with Crippen molar-refractivity contribution in [3.05, 3.63) is 94.8 Å². The number of para-hydroxylation sites is 1. The molecular formula is C34H42ClN3O. The molecule has 39 heavy (non-hydrogen) atoms. The molecule has 1 aromatic heterocycles. The third-order valence-corrected chi connectivity index (χ3v) is 8.48. The van der Waals surface area contributed by atoms with E-state index >= 15 is 0 Å². The SMILES string of the molecule is Cc1cccc2c1nc(COc1ccc(Cl)cc1)n2CCCC1CCN(CCCCCc2ccccc2)CC1. The van der Waals surface area contributed by atoms with Crippen molar-refractivity contribution >= 4 is 22.6 Å². The predicted molar refractivity (Wildman–Crippen MR) is 163 cm³/mol. The van der Waals surface area contributed by atoms with Gasteiger partial charge in [0, 0.05) is 11.6 Å². The maximum atomic E-state index is 6.09. The van der Waals surface area contributed by atoms with Crippen molar-refractivity contribution in [1.29, 1.82) is 0 Å². The molecular weight excluding hydrogens is 502 g/mol. The predicted octanol–water partition coefficient (Wildman–Crippen LogP) is 8.48. The number of imidazole rings is 1. The summed E-state index contributed by atoms with van der Waals surface area (Å²) >= 11 is 6.03. The lowest BCUT2D eigenvalue weighted by molar-refractivity contribution is 0.174. The van der Waals surface area contributed by atoms with E-state index in [0.29, 0.717) is 6.61 Å². The van der Waals surface area contributed by atoms with Gasteiger partial charge in [-0.25, -0.2) is 4.98 Å². The van der Waals surface area contributed by atoms with E-state index in [0.717, 1.165) is 34.6 Å². The summed E-state index contributed by atoms with van der Waals surface area (Å²) in [5, 5.41) is 0.717. The smallest absolute Gasteiger partial charge is 0.148 e. The highest BCUT2D eigenvalue weighted by Crippen LogP contribution is 2.26. The van der Waals surface area contributed by atoms with Gasteiger partial charge in [-0.1, -0.05) is 60.5 Å². The van der Waals surface area contributed by atoms with Crippen LogP contribution in [0.25, 0.3) is 11.0 Å². The average molecular weight is 544 g/mol. The van der Waals surface area contributed by atoms with E-state index in [1.165, 1.54) is 87.6 Å². The fourth-order valence-corrected chi connectivity index (χ4v) is 6.02. The van der Waals surface area contributed by atoms with Gasteiger partial charge >= 0.3 is 0 Å². The van der Waals surface area contributed by atoms with E-state index in [2.05, 4.69) is 64.9 Å². The van der Waals surface area contributed by atoms with Crippen molar-refractivity contribution in [3.63, 3.8) is 0 Å². The van der Waals surface area contributed by atoms with Crippen LogP contribution >= 0.6 is 11.6 Å². The van der Waals surface area contributed by atoms with E-state index in [1.807, 2.05) is 24.3 Å². The third kappa shape index (κ3) is 7.86. The number of ether oxygens (including phenoxy) is 1. The van der Waals surface area contributed by atoms with Crippen molar-refractivity contribution in [2.75, 3.05) is 19.6 Å². The minimum absolute atomic E-state index is 0.458. The zero-order chi connectivity index (χ0) is 26.9. The first-order valence-electron chi connectivity index (χ1n) is 14.7. The number of halogens is 1. The number of benzene rings is 3. The summed E-state index contributed by atoms with van der Waals surface area (Å²) in [4.78, 5) is 7.68. The number of unbranched alkanes of at least 4 members (excludes halogenated alkanes) is 2. The molecule has 0 unspecified atom stereocenters. The molecule has 0 spiro atoms. The Labute approximate surface area is 239 Å². The van der Waals surface area contributed by atoms with Crippen LogP contribution in [0.4, 0.5) is 0 Å². The maximum absolute atomic E-state index is 6.09. The van der Waals surface area contributed by atoms with Crippen molar-refractivity contribution in [1.82, 2.24) is 14.5 Å². The first kappa shape index (κ1) is 27.7. The summed E-state index contributed by atoms with van der Waals surface area (Å²) in [5.74, 6) is 2.65. The maximum Gasteiger partial charge on any atom is 0.148 e. The highest BCUT2D eigenvalue weighted by molar-refractivity contribution is 6.30. The zero-order valence-corrected chi connectivity index (χ0v) is 24.1. The number of aromatic nitrogens is 2. The zero-order valence-electron chi connectivity index (χ0n) is 23.3. The fourth-order valence-electron chi connectivity index (χ4n) is 5.90. The summed E-state index contributed by atoms with van der Waals surface area (Å²) in [6, 6.07) is 24.9. The third-order valence-electron chi connectivity index (χ3n) is 8.23. The van der Waals surface area contributed by atoms with E-state index in [1.54, 1.807) is 0 Å². The Hall–Kier alpha value is -2.82. The second-order valence-electron chi connectivity index (χ2n) is 11.1. The molecule has 0 radical (unpaired) electrons. The second-order valence-corrected chi connectivity index (χ2v) is 11.5. The Morgan fingerprint density at radius 2 is 1.64 bits per heavy atom. The number of piperidine rings is 1. The van der Waals surface area contributed by atoms with Crippen LogP contribution in [-0.2, 0) is 19.6 Å². The summed E-state index contributed by atoms with van der Waals surface area (Å²) in [5.41, 5.74) is 4.99. The van der Waals surface area contributed by atoms with Gasteiger partial charge in [-0.2, -0.15) is 0 Å². The molecule has 0 N–H and O–H groups in total. The van der Waals surface area contributed by atoms with Gasteiger partial charge in [0.15, 0.2) is 0 Å². The summed E-state index contributed by atoms with van der Waals surface area (Å²) < 4.78 is 8.47. The van der Waals surface area contributed by atoms with Crippen molar-refractivity contribution in [2.45, 2.75) is 71.4 Å². The monoisotopic (exact) mass is 543 g/mol. The Kier molecular flexibility index (Phi) is 9.96. The van der Waals surface area contributed by atoms with E-state index in [9.17, 15) is 0 Å². The molecule has 3 aromatic carbocycles. The molecule has 0 amide bonds. The minimum Gasteiger partial charge on any atom is -0.486 e. The molecule has 0 atom stereocenters. The van der Waals surface area contributed by atoms with Crippen LogP contribution in [0.15, 0.2) is 72.8 Å². The topological polar surface area (TPSA) is 30.3 Å². The minimum atomic E-state index is 0.458. The summed E-state index contributed by atoms with van der Waals surface area (Å²) in [6.07, 6.45) is 10.3. The Morgan fingerprint density at radius 1 is 0.846 bits per heavy atom. The lowest BCUT2D eigenvalue weighted by atomic mass is 9.92. The van der Waals surface area contributed by atoms with Gasteiger partial charge in [0.05, 0.1) is 11.0 Å². The van der Waals surface area contributed by atoms with Crippen molar-refractivity contribution in [2.24, 2.45) is 5.92 Å². The molecule has 4 nitrogen and oxygen atoms in total. The van der Waals surface area contributed by atoms with Crippen LogP contribution in [0.1, 0.15) is 61.9 Å². The van der Waals surface area contributed by atoms with Crippen LogP contribution < -0.4 is 4.74 Å². The van der Waals surface area contributed by atoms with Gasteiger partial charge in [-0.05, 0) is 119 Å². The molecule has 2 heterocycles. The molecule has 1 aliphatic rings. The lowest BCUT2D eigenvalue weighted by Crippen LogP contribution is -2.34. The van der Waals surface area contributed by atoms with Crippen LogP contribution in [0.2, 0.25) is 5.02 Å². The number of likely N-dealkylation sites (tertiary alicyclic amines) is 1. The number of rotatable bonds is 13. The van der Waals surface area contributed by atoms with Gasteiger partial charge in [-0.15, -0.1) is 0 Å². The fraction of sp³-hybridized carbons (Fsp3) is 0.441. The normalized spacial score (nSPS) is 14.7. The summed E-state index contributed by atoms with van der Waals surface area (Å²) in [6.45, 7) is 7.37. The first-order valence-corrected chi connectivity index (χ1v) is 15.1. The second kappa shape index (κ2) is 14.0. The molecule has 5 heteroatoms. The Bertz CT molecular complexity index is 1290. The van der Waals surface area contributed by atoms with E-state index in [4.69, 9.17) is 21.3 Å². The molecule has 1 saturated heterocycles. The quantitative estimate of drug-likeness (QED) is 0.158. The number of nitrogens with zero attached hydrogens (tertiary/aromatic N) is 3. The van der Waals surface area contributed by atoms with E-state index < -0.39 is 0 Å². The number of fused-ring (bicyclic) bond motifs is 1. The van der Waals surface area contributed by atoms with Gasteiger partial charge < -0.3 is 14.2 Å². The van der Waals surface area contributed by atoms with Crippen molar-refractivity contribution < 1.29 is 4.74 Å². The van der Waals surface area contributed by atoms with Gasteiger partial charge in [-0.3, -0.25) is 0 Å². The Morgan fingerprint density at radius 3 is 2.44 bits per heavy atom. The average Bonchev–Trinajstić information content (AvgIpc) is 3.32. The van der Waals surface area contributed by atoms with Crippen LogP contribution in [0, 0.1) is 12.8 Å². The molecule has 206 valence electrons. The largest absolute Gasteiger partial charge is 0.486 e. The van der Waals surface area contributed by atoms with Crippen LogP contribution in [0.5, 0.6) is 5.75 Å². The van der Waals surface area contributed by atoms with Crippen LogP contribution in [0.3, 0.4) is 0 Å². The van der Waals surface area contributed by atoms with Gasteiger partial charge in [0.1, 0.15) is 18.2 Å². The van der Waals surface area contributed by atoms with E-state index in [-0.39, 0.29) is 0 Å². The summed E-state index contributed by atoms with van der Waals surface area (Å²) in [7, 11) is 0. The number of aryl methyl sites for hydroxylation is 3. The Balaban J connectivity index is 1.06. The molecule has 4 aromatic rings. The first-order chi connectivity index (χ1) is 19.2. The highest BCUT2D eigenvalue weighted by atomic mass is 35.5. The molecule has 5 rings (SSSR count). The number of hydrogen-bond donors (Lipinski definition) is 0. The molecule has 0 aliphatic carbocycles. The lowest BCUT2D eigenvalue weighted by Gasteiger charge is -2.32. The van der Waals surface area contributed by atoms with Crippen LogP contribution in [-0.4, -0.2) is 34.1 Å². The van der Waals surface area contributed by atoms with Gasteiger partial charge in [0.25, 0.3) is 0 Å². The molecule has 0 bridgehead atoms. The van der Waals surface area contributed by atoms with Gasteiger partial charge in [0.2, 0.25) is 0 Å². The van der Waals surface area contributed by atoms with Crippen molar-refractivity contribution in [3.8, 4) is 5.75 Å².